The van der Waals surface area contributed by atoms with E-state index in [0.29, 0.717) is 30.4 Å². The number of fused-ring (bicyclic) bond motifs is 1. The van der Waals surface area contributed by atoms with Gasteiger partial charge in [0.25, 0.3) is 5.91 Å². The molecule has 3 nitrogen and oxygen atoms in total. The molecule has 0 spiro atoms. The van der Waals surface area contributed by atoms with E-state index in [-0.39, 0.29) is 11.3 Å². The van der Waals surface area contributed by atoms with Crippen molar-refractivity contribution in [2.45, 2.75) is 20.8 Å². The molecule has 0 aromatic heterocycles. The Bertz CT molecular complexity index is 482. The Hall–Kier alpha value is -1.16. The van der Waals surface area contributed by atoms with Crippen LogP contribution in [0.3, 0.4) is 0 Å². The second kappa shape index (κ2) is 6.08. The van der Waals surface area contributed by atoms with Crippen molar-refractivity contribution in [2.24, 2.45) is 11.3 Å². The topological polar surface area (TPSA) is 29.5 Å². The lowest BCUT2D eigenvalue weighted by Crippen LogP contribution is -2.41. The molecule has 0 saturated heterocycles. The Balaban J connectivity index is 2.20. The van der Waals surface area contributed by atoms with Crippen molar-refractivity contribution in [3.05, 3.63) is 29.8 Å². The molecule has 0 N–H and O–H groups in total. The molecular weight excluding hydrogens is 270 g/mol. The molecule has 0 saturated carbocycles. The summed E-state index contributed by atoms with van der Waals surface area (Å²) in [5.74, 6) is 1.89. The van der Waals surface area contributed by atoms with Crippen molar-refractivity contribution in [1.29, 1.82) is 0 Å². The summed E-state index contributed by atoms with van der Waals surface area (Å²) >= 11 is 4.45. The monoisotopic (exact) mass is 293 g/mol. The highest BCUT2D eigenvalue weighted by atomic mass is 32.1. The van der Waals surface area contributed by atoms with Crippen LogP contribution >= 0.6 is 12.6 Å². The van der Waals surface area contributed by atoms with Gasteiger partial charge in [-0.05, 0) is 29.2 Å². The van der Waals surface area contributed by atoms with E-state index in [2.05, 4.69) is 33.4 Å². The molecule has 0 bridgehead atoms. The summed E-state index contributed by atoms with van der Waals surface area (Å²) in [5.41, 5.74) is 0.797. The maximum atomic E-state index is 12.6. The van der Waals surface area contributed by atoms with Crippen molar-refractivity contribution in [3.8, 4) is 5.75 Å². The standard InChI is InChI=1S/C16H23NO2S/c1-16(2,3)12(11-20)10-17-8-9-19-14-7-5-4-6-13(14)15(17)18/h4-7,12,20H,8-11H2,1-3H3. The smallest absolute Gasteiger partial charge is 0.257 e. The number of amides is 1. The highest BCUT2D eigenvalue weighted by Gasteiger charge is 2.30. The fraction of sp³-hybridized carbons (Fsp3) is 0.562. The van der Waals surface area contributed by atoms with Crippen LogP contribution in [-0.4, -0.2) is 36.3 Å². The summed E-state index contributed by atoms with van der Waals surface area (Å²) in [6.45, 7) is 8.49. The Morgan fingerprint density at radius 1 is 1.35 bits per heavy atom. The highest BCUT2D eigenvalue weighted by molar-refractivity contribution is 7.80. The van der Waals surface area contributed by atoms with E-state index in [1.807, 2.05) is 29.2 Å². The van der Waals surface area contributed by atoms with Crippen LogP contribution in [0.4, 0.5) is 0 Å². The van der Waals surface area contributed by atoms with Gasteiger partial charge in [0.2, 0.25) is 0 Å². The van der Waals surface area contributed by atoms with Gasteiger partial charge in [0.05, 0.1) is 12.1 Å². The van der Waals surface area contributed by atoms with Gasteiger partial charge >= 0.3 is 0 Å². The first-order valence-corrected chi connectivity index (χ1v) is 7.68. The van der Waals surface area contributed by atoms with Crippen molar-refractivity contribution < 1.29 is 9.53 Å². The lowest BCUT2D eigenvalue weighted by molar-refractivity contribution is 0.0688. The van der Waals surface area contributed by atoms with Crippen molar-refractivity contribution >= 4 is 18.5 Å². The average Bonchev–Trinajstić information content (AvgIpc) is 2.55. The molecular formula is C16H23NO2S. The summed E-state index contributed by atoms with van der Waals surface area (Å²) in [4.78, 5) is 14.5. The Kier molecular flexibility index (Phi) is 4.63. The molecule has 4 heteroatoms. The van der Waals surface area contributed by atoms with Crippen LogP contribution in [0.2, 0.25) is 0 Å². The Morgan fingerprint density at radius 3 is 2.70 bits per heavy atom. The Morgan fingerprint density at radius 2 is 2.05 bits per heavy atom. The van der Waals surface area contributed by atoms with E-state index in [4.69, 9.17) is 4.74 Å². The normalized spacial score (nSPS) is 17.2. The summed E-state index contributed by atoms with van der Waals surface area (Å²) in [6, 6.07) is 7.47. The molecule has 1 aliphatic rings. The van der Waals surface area contributed by atoms with E-state index < -0.39 is 0 Å². The van der Waals surface area contributed by atoms with Crippen LogP contribution in [0.5, 0.6) is 5.75 Å². The zero-order valence-electron chi connectivity index (χ0n) is 12.4. The number of rotatable bonds is 3. The summed E-state index contributed by atoms with van der Waals surface area (Å²) in [7, 11) is 0. The highest BCUT2D eigenvalue weighted by Crippen LogP contribution is 2.29. The fourth-order valence-corrected chi connectivity index (χ4v) is 3.02. The molecule has 1 atom stereocenters. The SMILES string of the molecule is CC(C)(C)C(CS)CN1CCOc2ccccc2C1=O. The number of thiol groups is 1. The largest absolute Gasteiger partial charge is 0.491 e. The molecule has 1 aliphatic heterocycles. The minimum atomic E-state index is 0.0640. The van der Waals surface area contributed by atoms with Crippen LogP contribution in [0, 0.1) is 11.3 Å². The summed E-state index contributed by atoms with van der Waals surface area (Å²) in [6.07, 6.45) is 0. The molecule has 1 amide bonds. The van der Waals surface area contributed by atoms with Gasteiger partial charge in [-0.25, -0.2) is 0 Å². The number of carbonyl (C=O) groups is 1. The third-order valence-corrected chi connectivity index (χ3v) is 4.35. The number of carbonyl (C=O) groups excluding carboxylic acids is 1. The first kappa shape index (κ1) is 15.2. The predicted octanol–water partition coefficient (Wildman–Crippen LogP) is 3.11. The molecule has 2 rings (SSSR count). The number of ether oxygens (including phenoxy) is 1. The first-order valence-electron chi connectivity index (χ1n) is 7.05. The lowest BCUT2D eigenvalue weighted by Gasteiger charge is -2.34. The second-order valence-corrected chi connectivity index (χ2v) is 6.71. The van der Waals surface area contributed by atoms with E-state index in [1.54, 1.807) is 0 Å². The maximum absolute atomic E-state index is 12.6. The van der Waals surface area contributed by atoms with Gasteiger partial charge in [0.15, 0.2) is 0 Å². The first-order chi connectivity index (χ1) is 9.43. The van der Waals surface area contributed by atoms with Crippen LogP contribution in [-0.2, 0) is 0 Å². The molecule has 1 aromatic carbocycles. The number of hydrogen-bond acceptors (Lipinski definition) is 3. The zero-order chi connectivity index (χ0) is 14.8. The molecule has 1 heterocycles. The second-order valence-electron chi connectivity index (χ2n) is 6.34. The molecule has 0 fully saturated rings. The van der Waals surface area contributed by atoms with Gasteiger partial charge in [-0.1, -0.05) is 32.9 Å². The molecule has 20 heavy (non-hydrogen) atoms. The van der Waals surface area contributed by atoms with Crippen molar-refractivity contribution in [3.63, 3.8) is 0 Å². The van der Waals surface area contributed by atoms with Crippen molar-refractivity contribution in [1.82, 2.24) is 4.90 Å². The fourth-order valence-electron chi connectivity index (χ4n) is 2.35. The van der Waals surface area contributed by atoms with Gasteiger partial charge in [-0.2, -0.15) is 12.6 Å². The van der Waals surface area contributed by atoms with Gasteiger partial charge in [-0.3, -0.25) is 4.79 Å². The Labute approximate surface area is 126 Å². The summed E-state index contributed by atoms with van der Waals surface area (Å²) in [5, 5.41) is 0. The van der Waals surface area contributed by atoms with E-state index in [0.717, 1.165) is 12.3 Å². The number of benzene rings is 1. The molecule has 0 radical (unpaired) electrons. The number of nitrogens with zero attached hydrogens (tertiary/aromatic N) is 1. The van der Waals surface area contributed by atoms with E-state index in [9.17, 15) is 4.79 Å². The third kappa shape index (κ3) is 3.29. The molecule has 1 aromatic rings. The zero-order valence-corrected chi connectivity index (χ0v) is 13.3. The van der Waals surface area contributed by atoms with Gasteiger partial charge < -0.3 is 9.64 Å². The third-order valence-electron chi connectivity index (χ3n) is 3.91. The van der Waals surface area contributed by atoms with Gasteiger partial charge in [0, 0.05) is 6.54 Å². The molecule has 1 unspecified atom stereocenters. The van der Waals surface area contributed by atoms with Crippen LogP contribution in [0.1, 0.15) is 31.1 Å². The maximum Gasteiger partial charge on any atom is 0.257 e. The van der Waals surface area contributed by atoms with Gasteiger partial charge in [-0.15, -0.1) is 0 Å². The van der Waals surface area contributed by atoms with Gasteiger partial charge in [0.1, 0.15) is 12.4 Å². The predicted molar refractivity (Wildman–Crippen MR) is 84.6 cm³/mol. The van der Waals surface area contributed by atoms with Crippen LogP contribution < -0.4 is 4.74 Å². The minimum absolute atomic E-state index is 0.0640. The van der Waals surface area contributed by atoms with E-state index in [1.165, 1.54) is 0 Å². The molecule has 0 aliphatic carbocycles. The molecule has 110 valence electrons. The number of para-hydroxylation sites is 1. The lowest BCUT2D eigenvalue weighted by atomic mass is 9.81. The van der Waals surface area contributed by atoms with Crippen molar-refractivity contribution in [2.75, 3.05) is 25.4 Å². The average molecular weight is 293 g/mol. The minimum Gasteiger partial charge on any atom is -0.491 e. The quantitative estimate of drug-likeness (QED) is 0.868. The number of hydrogen-bond donors (Lipinski definition) is 1. The van der Waals surface area contributed by atoms with Crippen LogP contribution in [0.15, 0.2) is 24.3 Å². The van der Waals surface area contributed by atoms with E-state index >= 15 is 0 Å². The summed E-state index contributed by atoms with van der Waals surface area (Å²) < 4.78 is 5.67. The van der Waals surface area contributed by atoms with Crippen LogP contribution in [0.25, 0.3) is 0 Å².